The molecular formula is C24H21N3O3. The molecule has 0 saturated carbocycles. The maximum atomic E-state index is 13.0. The molecule has 1 aromatic heterocycles. The number of aromatic nitrogens is 1. The van der Waals surface area contributed by atoms with Gasteiger partial charge >= 0.3 is 6.09 Å². The third-order valence-electron chi connectivity index (χ3n) is 4.70. The molecule has 0 saturated heterocycles. The van der Waals surface area contributed by atoms with E-state index in [9.17, 15) is 9.59 Å². The summed E-state index contributed by atoms with van der Waals surface area (Å²) in [7, 11) is 0. The van der Waals surface area contributed by atoms with E-state index in [1.165, 1.54) is 0 Å². The molecule has 1 heterocycles. The van der Waals surface area contributed by atoms with Crippen molar-refractivity contribution in [2.24, 2.45) is 0 Å². The molecule has 0 aliphatic carbocycles. The maximum Gasteiger partial charge on any atom is 0.413 e. The van der Waals surface area contributed by atoms with Crippen LogP contribution in [0, 0.1) is 0 Å². The van der Waals surface area contributed by atoms with Gasteiger partial charge in [0.25, 0.3) is 0 Å². The molecule has 6 heteroatoms. The molecular weight excluding hydrogens is 378 g/mol. The van der Waals surface area contributed by atoms with E-state index < -0.39 is 12.1 Å². The van der Waals surface area contributed by atoms with Gasteiger partial charge < -0.3 is 20.4 Å². The van der Waals surface area contributed by atoms with Gasteiger partial charge in [-0.15, -0.1) is 0 Å². The van der Waals surface area contributed by atoms with Crippen molar-refractivity contribution in [1.29, 1.82) is 0 Å². The molecule has 4 aromatic rings. The second kappa shape index (κ2) is 8.96. The molecule has 0 fully saturated rings. The van der Waals surface area contributed by atoms with Gasteiger partial charge in [0.2, 0.25) is 5.91 Å². The predicted octanol–water partition coefficient (Wildman–Crippen LogP) is 4.51. The highest BCUT2D eigenvalue weighted by Gasteiger charge is 2.23. The second-order valence-electron chi connectivity index (χ2n) is 6.82. The zero-order valence-electron chi connectivity index (χ0n) is 16.2. The van der Waals surface area contributed by atoms with Crippen molar-refractivity contribution in [3.8, 4) is 5.75 Å². The summed E-state index contributed by atoms with van der Waals surface area (Å²) in [4.78, 5) is 28.6. The van der Waals surface area contributed by atoms with Crippen molar-refractivity contribution < 1.29 is 14.3 Å². The summed E-state index contributed by atoms with van der Waals surface area (Å²) in [5.74, 6) is 0.0841. The van der Waals surface area contributed by atoms with Gasteiger partial charge in [0.1, 0.15) is 11.8 Å². The van der Waals surface area contributed by atoms with Crippen LogP contribution in [0.15, 0.2) is 91.1 Å². The average Bonchev–Trinajstić information content (AvgIpc) is 3.17. The fraction of sp³-hybridized carbons (Fsp3) is 0.0833. The number of carbonyl (C=O) groups excluding carboxylic acids is 2. The van der Waals surface area contributed by atoms with Gasteiger partial charge in [-0.05, 0) is 35.9 Å². The zero-order chi connectivity index (χ0) is 20.8. The van der Waals surface area contributed by atoms with E-state index in [-0.39, 0.29) is 5.91 Å². The molecule has 3 aromatic carbocycles. The Bertz CT molecular complexity index is 1140. The predicted molar refractivity (Wildman–Crippen MR) is 116 cm³/mol. The summed E-state index contributed by atoms with van der Waals surface area (Å²) in [6, 6.07) is 24.9. The highest BCUT2D eigenvalue weighted by atomic mass is 16.6. The fourth-order valence-corrected chi connectivity index (χ4v) is 3.25. The first-order valence-electron chi connectivity index (χ1n) is 9.63. The van der Waals surface area contributed by atoms with Crippen LogP contribution >= 0.6 is 0 Å². The van der Waals surface area contributed by atoms with Crippen LogP contribution < -0.4 is 15.4 Å². The Kier molecular flexibility index (Phi) is 5.75. The number of H-pyrrole nitrogens is 1. The van der Waals surface area contributed by atoms with Crippen LogP contribution in [0.1, 0.15) is 5.56 Å². The Morgan fingerprint density at radius 1 is 0.867 bits per heavy atom. The molecule has 0 aliphatic rings. The lowest BCUT2D eigenvalue weighted by Gasteiger charge is -2.18. The molecule has 1 atom stereocenters. The first-order chi connectivity index (χ1) is 14.7. The van der Waals surface area contributed by atoms with Crippen LogP contribution in [0.5, 0.6) is 5.75 Å². The van der Waals surface area contributed by atoms with Gasteiger partial charge in [-0.3, -0.25) is 4.79 Å². The Morgan fingerprint density at radius 3 is 2.30 bits per heavy atom. The lowest BCUT2D eigenvalue weighted by atomic mass is 10.0. The van der Waals surface area contributed by atoms with Crippen molar-refractivity contribution in [3.63, 3.8) is 0 Å². The number of carbonyl (C=O) groups is 2. The number of amides is 2. The lowest BCUT2D eigenvalue weighted by Crippen LogP contribution is -2.46. The Labute approximate surface area is 173 Å². The highest BCUT2D eigenvalue weighted by molar-refractivity contribution is 5.97. The summed E-state index contributed by atoms with van der Waals surface area (Å²) in [6.07, 6.45) is 1.48. The van der Waals surface area contributed by atoms with Crippen molar-refractivity contribution >= 4 is 28.6 Å². The first kappa shape index (κ1) is 19.3. The van der Waals surface area contributed by atoms with Gasteiger partial charge in [0.05, 0.1) is 0 Å². The van der Waals surface area contributed by atoms with E-state index in [0.717, 1.165) is 16.5 Å². The number of nitrogens with one attached hydrogen (secondary N) is 3. The number of ether oxygens (including phenoxy) is 1. The van der Waals surface area contributed by atoms with Gasteiger partial charge in [-0.1, -0.05) is 54.6 Å². The summed E-state index contributed by atoms with van der Waals surface area (Å²) >= 11 is 0. The Morgan fingerprint density at radius 2 is 1.53 bits per heavy atom. The fourth-order valence-electron chi connectivity index (χ4n) is 3.25. The molecule has 6 nitrogen and oxygen atoms in total. The van der Waals surface area contributed by atoms with Crippen molar-refractivity contribution in [2.75, 3.05) is 5.32 Å². The average molecular weight is 399 g/mol. The number of para-hydroxylation sites is 3. The smallest absolute Gasteiger partial charge is 0.410 e. The molecule has 0 spiro atoms. The SMILES string of the molecule is O=C(N[C@H](Cc1c[nH]c2ccccc12)C(=O)Nc1ccccc1)Oc1ccccc1. The monoisotopic (exact) mass is 399 g/mol. The summed E-state index contributed by atoms with van der Waals surface area (Å²) < 4.78 is 5.31. The van der Waals surface area contributed by atoms with E-state index in [0.29, 0.717) is 17.9 Å². The summed E-state index contributed by atoms with van der Waals surface area (Å²) in [6.45, 7) is 0. The lowest BCUT2D eigenvalue weighted by molar-refractivity contribution is -0.118. The zero-order valence-corrected chi connectivity index (χ0v) is 16.2. The normalized spacial score (nSPS) is 11.6. The number of anilines is 1. The minimum atomic E-state index is -0.819. The molecule has 0 unspecified atom stereocenters. The molecule has 0 radical (unpaired) electrons. The molecule has 4 rings (SSSR count). The van der Waals surface area contributed by atoms with Crippen LogP contribution in [-0.2, 0) is 11.2 Å². The third-order valence-corrected chi connectivity index (χ3v) is 4.70. The number of benzene rings is 3. The second-order valence-corrected chi connectivity index (χ2v) is 6.82. The number of hydrogen-bond donors (Lipinski definition) is 3. The van der Waals surface area contributed by atoms with E-state index in [4.69, 9.17) is 4.74 Å². The molecule has 0 aliphatic heterocycles. The third kappa shape index (κ3) is 4.67. The molecule has 30 heavy (non-hydrogen) atoms. The van der Waals surface area contributed by atoms with Crippen LogP contribution in [-0.4, -0.2) is 23.0 Å². The molecule has 3 N–H and O–H groups in total. The Hall–Kier alpha value is -4.06. The van der Waals surface area contributed by atoms with E-state index >= 15 is 0 Å². The van der Waals surface area contributed by atoms with Crippen LogP contribution in [0.4, 0.5) is 10.5 Å². The molecule has 0 bridgehead atoms. The molecule has 150 valence electrons. The van der Waals surface area contributed by atoms with Crippen molar-refractivity contribution in [2.45, 2.75) is 12.5 Å². The minimum absolute atomic E-state index is 0.312. The van der Waals surface area contributed by atoms with Gasteiger partial charge in [0, 0.05) is 29.2 Å². The standard InChI is InChI=1S/C24H21N3O3/c28-23(26-18-9-3-1-4-10-18)22(27-24(29)30-19-11-5-2-6-12-19)15-17-16-25-21-14-8-7-13-20(17)21/h1-14,16,22,25H,15H2,(H,26,28)(H,27,29)/t22-/m1/s1. The van der Waals surface area contributed by atoms with Gasteiger partial charge in [-0.25, -0.2) is 4.79 Å². The number of rotatable bonds is 6. The number of aromatic amines is 1. The van der Waals surface area contributed by atoms with Crippen LogP contribution in [0.25, 0.3) is 10.9 Å². The highest BCUT2D eigenvalue weighted by Crippen LogP contribution is 2.20. The van der Waals surface area contributed by atoms with Crippen molar-refractivity contribution in [1.82, 2.24) is 10.3 Å². The maximum absolute atomic E-state index is 13.0. The van der Waals surface area contributed by atoms with E-state index in [1.807, 2.05) is 54.7 Å². The summed E-state index contributed by atoms with van der Waals surface area (Å²) in [5, 5.41) is 6.56. The van der Waals surface area contributed by atoms with Crippen molar-refractivity contribution in [3.05, 3.63) is 96.7 Å². The van der Waals surface area contributed by atoms with E-state index in [1.54, 1.807) is 36.4 Å². The van der Waals surface area contributed by atoms with Gasteiger partial charge in [0.15, 0.2) is 0 Å². The number of hydrogen-bond acceptors (Lipinski definition) is 3. The number of fused-ring (bicyclic) bond motifs is 1. The quantitative estimate of drug-likeness (QED) is 0.446. The Balaban J connectivity index is 1.53. The summed E-state index contributed by atoms with van der Waals surface area (Å²) in [5.41, 5.74) is 2.56. The largest absolute Gasteiger partial charge is 0.413 e. The van der Waals surface area contributed by atoms with E-state index in [2.05, 4.69) is 15.6 Å². The van der Waals surface area contributed by atoms with Crippen LogP contribution in [0.2, 0.25) is 0 Å². The molecule has 2 amide bonds. The topological polar surface area (TPSA) is 83.2 Å². The van der Waals surface area contributed by atoms with Gasteiger partial charge in [-0.2, -0.15) is 0 Å². The minimum Gasteiger partial charge on any atom is -0.410 e. The van der Waals surface area contributed by atoms with Crippen LogP contribution in [0.3, 0.4) is 0 Å². The first-order valence-corrected chi connectivity index (χ1v) is 9.63.